The SMILES string of the molecule is Fc1cccc(-c2cn(-c3ccccc3)nn2)c1. The van der Waals surface area contributed by atoms with Gasteiger partial charge >= 0.3 is 0 Å². The highest BCUT2D eigenvalue weighted by atomic mass is 19.1. The smallest absolute Gasteiger partial charge is 0.123 e. The van der Waals surface area contributed by atoms with Crippen LogP contribution in [-0.2, 0) is 0 Å². The summed E-state index contributed by atoms with van der Waals surface area (Å²) in [6.07, 6.45) is 1.78. The lowest BCUT2D eigenvalue weighted by molar-refractivity contribution is 0.628. The van der Waals surface area contributed by atoms with Crippen molar-refractivity contribution in [2.45, 2.75) is 0 Å². The average Bonchev–Trinajstić information content (AvgIpc) is 2.89. The van der Waals surface area contributed by atoms with Gasteiger partial charge in [-0.15, -0.1) is 5.10 Å². The van der Waals surface area contributed by atoms with Crippen LogP contribution in [-0.4, -0.2) is 15.0 Å². The summed E-state index contributed by atoms with van der Waals surface area (Å²) < 4.78 is 14.8. The molecule has 0 amide bonds. The third-order valence-electron chi connectivity index (χ3n) is 2.63. The predicted octanol–water partition coefficient (Wildman–Crippen LogP) is 3.07. The molecule has 0 fully saturated rings. The molecule has 3 rings (SSSR count). The number of nitrogens with zero attached hydrogens (tertiary/aromatic N) is 3. The predicted molar refractivity (Wildman–Crippen MR) is 66.8 cm³/mol. The first-order chi connectivity index (χ1) is 8.83. The second-order valence-electron chi connectivity index (χ2n) is 3.89. The monoisotopic (exact) mass is 239 g/mol. The maximum Gasteiger partial charge on any atom is 0.123 e. The summed E-state index contributed by atoms with van der Waals surface area (Å²) in [7, 11) is 0. The Balaban J connectivity index is 2.00. The summed E-state index contributed by atoms with van der Waals surface area (Å²) in [5.74, 6) is -0.276. The van der Waals surface area contributed by atoms with E-state index in [1.165, 1.54) is 12.1 Å². The van der Waals surface area contributed by atoms with E-state index in [1.807, 2.05) is 36.4 Å². The van der Waals surface area contributed by atoms with Crippen LogP contribution < -0.4 is 0 Å². The topological polar surface area (TPSA) is 30.7 Å². The zero-order valence-electron chi connectivity index (χ0n) is 9.49. The minimum Gasteiger partial charge on any atom is -0.220 e. The van der Waals surface area contributed by atoms with Gasteiger partial charge in [-0.3, -0.25) is 0 Å². The third kappa shape index (κ3) is 2.00. The second-order valence-corrected chi connectivity index (χ2v) is 3.89. The van der Waals surface area contributed by atoms with Crippen molar-refractivity contribution in [1.29, 1.82) is 0 Å². The maximum absolute atomic E-state index is 13.1. The molecule has 0 saturated heterocycles. The molecule has 18 heavy (non-hydrogen) atoms. The molecule has 0 unspecified atom stereocenters. The molecule has 88 valence electrons. The van der Waals surface area contributed by atoms with Crippen molar-refractivity contribution in [3.05, 3.63) is 66.6 Å². The quantitative estimate of drug-likeness (QED) is 0.688. The molecule has 0 spiro atoms. The molecule has 0 aliphatic carbocycles. The molecule has 1 heterocycles. The number of hydrogen-bond acceptors (Lipinski definition) is 2. The van der Waals surface area contributed by atoms with Crippen LogP contribution in [0.15, 0.2) is 60.8 Å². The van der Waals surface area contributed by atoms with Gasteiger partial charge in [-0.2, -0.15) is 0 Å². The Labute approximate surface area is 104 Å². The lowest BCUT2D eigenvalue weighted by Gasteiger charge is -1.97. The Morgan fingerprint density at radius 3 is 2.56 bits per heavy atom. The zero-order chi connectivity index (χ0) is 12.4. The molecule has 0 aliphatic heterocycles. The van der Waals surface area contributed by atoms with Gasteiger partial charge in [-0.1, -0.05) is 35.5 Å². The van der Waals surface area contributed by atoms with Crippen LogP contribution in [0.4, 0.5) is 4.39 Å². The number of hydrogen-bond donors (Lipinski definition) is 0. The summed E-state index contributed by atoms with van der Waals surface area (Å²) in [4.78, 5) is 0. The lowest BCUT2D eigenvalue weighted by atomic mass is 10.2. The molecule has 4 heteroatoms. The number of para-hydroxylation sites is 1. The van der Waals surface area contributed by atoms with E-state index in [0.29, 0.717) is 5.69 Å². The zero-order valence-corrected chi connectivity index (χ0v) is 9.49. The van der Waals surface area contributed by atoms with E-state index in [9.17, 15) is 4.39 Å². The summed E-state index contributed by atoms with van der Waals surface area (Å²) in [5, 5.41) is 8.09. The van der Waals surface area contributed by atoms with Gasteiger partial charge in [0.05, 0.1) is 11.9 Å². The summed E-state index contributed by atoms with van der Waals surface area (Å²) in [6.45, 7) is 0. The third-order valence-corrected chi connectivity index (χ3v) is 2.63. The number of benzene rings is 2. The van der Waals surface area contributed by atoms with Gasteiger partial charge in [-0.25, -0.2) is 9.07 Å². The minimum atomic E-state index is -0.276. The average molecular weight is 239 g/mol. The number of aromatic nitrogens is 3. The minimum absolute atomic E-state index is 0.276. The van der Waals surface area contributed by atoms with E-state index in [2.05, 4.69) is 10.3 Å². The van der Waals surface area contributed by atoms with Crippen molar-refractivity contribution < 1.29 is 4.39 Å². The molecular weight excluding hydrogens is 229 g/mol. The van der Waals surface area contributed by atoms with Crippen molar-refractivity contribution in [3.8, 4) is 16.9 Å². The second kappa shape index (κ2) is 4.41. The van der Waals surface area contributed by atoms with Gasteiger partial charge < -0.3 is 0 Å². The van der Waals surface area contributed by atoms with E-state index in [1.54, 1.807) is 16.9 Å². The Hall–Kier alpha value is -2.49. The Morgan fingerprint density at radius 2 is 1.78 bits per heavy atom. The van der Waals surface area contributed by atoms with Crippen LogP contribution in [0.3, 0.4) is 0 Å². The molecule has 0 atom stereocenters. The molecule has 0 N–H and O–H groups in total. The van der Waals surface area contributed by atoms with E-state index >= 15 is 0 Å². The fourth-order valence-corrected chi connectivity index (χ4v) is 1.75. The molecule has 3 aromatic rings. The van der Waals surface area contributed by atoms with Crippen molar-refractivity contribution in [2.24, 2.45) is 0 Å². The van der Waals surface area contributed by atoms with Crippen LogP contribution >= 0.6 is 0 Å². The van der Waals surface area contributed by atoms with Gasteiger partial charge in [-0.05, 0) is 24.3 Å². The van der Waals surface area contributed by atoms with Gasteiger partial charge in [0, 0.05) is 5.56 Å². The molecule has 0 aliphatic rings. The van der Waals surface area contributed by atoms with E-state index in [-0.39, 0.29) is 5.82 Å². The lowest BCUT2D eigenvalue weighted by Crippen LogP contribution is -1.93. The van der Waals surface area contributed by atoms with E-state index < -0.39 is 0 Å². The summed E-state index contributed by atoms with van der Waals surface area (Å²) in [5.41, 5.74) is 2.29. The highest BCUT2D eigenvalue weighted by Gasteiger charge is 2.05. The molecule has 0 bridgehead atoms. The first-order valence-electron chi connectivity index (χ1n) is 5.57. The number of rotatable bonds is 2. The van der Waals surface area contributed by atoms with Crippen molar-refractivity contribution in [1.82, 2.24) is 15.0 Å². The van der Waals surface area contributed by atoms with Crippen LogP contribution in [0, 0.1) is 5.82 Å². The van der Waals surface area contributed by atoms with Crippen molar-refractivity contribution in [2.75, 3.05) is 0 Å². The molecular formula is C14H10FN3. The molecule has 0 radical (unpaired) electrons. The van der Waals surface area contributed by atoms with Crippen LogP contribution in [0.25, 0.3) is 16.9 Å². The van der Waals surface area contributed by atoms with E-state index in [0.717, 1.165) is 11.3 Å². The Morgan fingerprint density at radius 1 is 0.944 bits per heavy atom. The highest BCUT2D eigenvalue weighted by Crippen LogP contribution is 2.18. The molecule has 0 saturated carbocycles. The summed E-state index contributed by atoms with van der Waals surface area (Å²) in [6, 6.07) is 16.0. The number of halogens is 1. The highest BCUT2D eigenvalue weighted by molar-refractivity contribution is 5.58. The van der Waals surface area contributed by atoms with Gasteiger partial charge in [0.15, 0.2) is 0 Å². The van der Waals surface area contributed by atoms with Crippen molar-refractivity contribution >= 4 is 0 Å². The largest absolute Gasteiger partial charge is 0.220 e. The first kappa shape index (κ1) is 10.7. The van der Waals surface area contributed by atoms with Crippen LogP contribution in [0.2, 0.25) is 0 Å². The normalized spacial score (nSPS) is 10.5. The van der Waals surface area contributed by atoms with Gasteiger partial charge in [0.25, 0.3) is 0 Å². The molecule has 2 aromatic carbocycles. The fourth-order valence-electron chi connectivity index (χ4n) is 1.75. The maximum atomic E-state index is 13.1. The van der Waals surface area contributed by atoms with Crippen molar-refractivity contribution in [3.63, 3.8) is 0 Å². The summed E-state index contributed by atoms with van der Waals surface area (Å²) >= 11 is 0. The van der Waals surface area contributed by atoms with Crippen LogP contribution in [0.1, 0.15) is 0 Å². The Bertz CT molecular complexity index is 662. The standard InChI is InChI=1S/C14H10FN3/c15-12-6-4-5-11(9-12)14-10-18(17-16-14)13-7-2-1-3-8-13/h1-10H. The van der Waals surface area contributed by atoms with Gasteiger partial charge in [0.1, 0.15) is 11.5 Å². The molecule has 3 nitrogen and oxygen atoms in total. The molecule has 1 aromatic heterocycles. The Kier molecular flexibility index (Phi) is 2.61. The van der Waals surface area contributed by atoms with E-state index in [4.69, 9.17) is 0 Å². The van der Waals surface area contributed by atoms with Gasteiger partial charge in [0.2, 0.25) is 0 Å². The first-order valence-corrected chi connectivity index (χ1v) is 5.57. The fraction of sp³-hybridized carbons (Fsp3) is 0. The van der Waals surface area contributed by atoms with Crippen LogP contribution in [0.5, 0.6) is 0 Å².